The van der Waals surface area contributed by atoms with Gasteiger partial charge in [0.2, 0.25) is 0 Å². The van der Waals surface area contributed by atoms with Gasteiger partial charge in [-0.05, 0) is 24.3 Å². The largest absolute Gasteiger partial charge is 0.479 e. The normalized spacial score (nSPS) is 13.0. The maximum absolute atomic E-state index is 12.5. The zero-order chi connectivity index (χ0) is 15.6. The molecule has 112 valence electrons. The lowest BCUT2D eigenvalue weighted by molar-refractivity contribution is -0.138. The van der Waals surface area contributed by atoms with Gasteiger partial charge in [-0.3, -0.25) is 4.68 Å². The van der Waals surface area contributed by atoms with Crippen LogP contribution in [0.5, 0.6) is 0 Å². The smallest absolute Gasteiger partial charge is 0.416 e. The molecule has 0 saturated heterocycles. The molecule has 0 saturated carbocycles. The predicted molar refractivity (Wildman–Crippen MR) is 68.7 cm³/mol. The summed E-state index contributed by atoms with van der Waals surface area (Å²) in [6, 6.07) is 3.08. The van der Waals surface area contributed by atoms with Gasteiger partial charge in [-0.1, -0.05) is 0 Å². The van der Waals surface area contributed by atoms with Crippen molar-refractivity contribution < 1.29 is 23.1 Å². The average molecular weight is 299 g/mol. The molecule has 1 atom stereocenters. The molecule has 8 heteroatoms. The van der Waals surface area contributed by atoms with Crippen molar-refractivity contribution in [2.24, 2.45) is 7.05 Å². The van der Waals surface area contributed by atoms with Crippen LogP contribution >= 0.6 is 0 Å². The number of carboxylic acids is 1. The van der Waals surface area contributed by atoms with Crippen molar-refractivity contribution >= 4 is 11.7 Å². The van der Waals surface area contributed by atoms with E-state index in [0.29, 0.717) is 5.56 Å². The maximum Gasteiger partial charge on any atom is 0.416 e. The summed E-state index contributed by atoms with van der Waals surface area (Å²) < 4.78 is 38.8. The van der Waals surface area contributed by atoms with Crippen LogP contribution in [0.15, 0.2) is 36.7 Å². The standard InChI is InChI=1S/C13H12F3N3O2/c1-19-7-8(6-17-19)11(12(20)21)18-10-4-2-9(3-5-10)13(14,15)16/h2-7,11,18H,1H3,(H,20,21). The lowest BCUT2D eigenvalue weighted by atomic mass is 10.1. The monoisotopic (exact) mass is 299 g/mol. The first-order valence-corrected chi connectivity index (χ1v) is 5.92. The average Bonchev–Trinajstić information content (AvgIpc) is 2.81. The number of hydrogen-bond donors (Lipinski definition) is 2. The molecule has 0 amide bonds. The molecule has 1 aromatic heterocycles. The number of halogens is 3. The highest BCUT2D eigenvalue weighted by molar-refractivity contribution is 5.79. The van der Waals surface area contributed by atoms with Crippen LogP contribution in [0.2, 0.25) is 0 Å². The summed E-state index contributed by atoms with van der Waals surface area (Å²) in [5, 5.41) is 15.7. The molecule has 0 spiro atoms. The number of benzene rings is 1. The van der Waals surface area contributed by atoms with Gasteiger partial charge in [0, 0.05) is 24.5 Å². The summed E-state index contributed by atoms with van der Waals surface area (Å²) >= 11 is 0. The number of aryl methyl sites for hydroxylation is 1. The van der Waals surface area contributed by atoms with E-state index in [4.69, 9.17) is 0 Å². The number of rotatable bonds is 4. The number of anilines is 1. The van der Waals surface area contributed by atoms with E-state index >= 15 is 0 Å². The Balaban J connectivity index is 2.20. The molecule has 0 aliphatic heterocycles. The minimum Gasteiger partial charge on any atom is -0.479 e. The molecule has 21 heavy (non-hydrogen) atoms. The van der Waals surface area contributed by atoms with Gasteiger partial charge in [0.15, 0.2) is 6.04 Å². The van der Waals surface area contributed by atoms with E-state index in [2.05, 4.69) is 10.4 Å². The molecule has 0 aliphatic rings. The first kappa shape index (κ1) is 14.9. The van der Waals surface area contributed by atoms with Gasteiger partial charge in [0.1, 0.15) is 0 Å². The van der Waals surface area contributed by atoms with Gasteiger partial charge in [-0.25, -0.2) is 4.79 Å². The summed E-state index contributed by atoms with van der Waals surface area (Å²) in [6.45, 7) is 0. The van der Waals surface area contributed by atoms with Crippen LogP contribution in [-0.2, 0) is 18.0 Å². The summed E-state index contributed by atoms with van der Waals surface area (Å²) in [5.41, 5.74) is -0.106. The highest BCUT2D eigenvalue weighted by Crippen LogP contribution is 2.30. The minimum absolute atomic E-state index is 0.277. The summed E-state index contributed by atoms with van der Waals surface area (Å²) in [7, 11) is 1.64. The Morgan fingerprint density at radius 2 is 1.95 bits per heavy atom. The second-order valence-electron chi connectivity index (χ2n) is 4.44. The number of carboxylic acid groups (broad SMARTS) is 1. The summed E-state index contributed by atoms with van der Waals surface area (Å²) in [4.78, 5) is 11.3. The fourth-order valence-corrected chi connectivity index (χ4v) is 1.80. The van der Waals surface area contributed by atoms with Gasteiger partial charge < -0.3 is 10.4 Å². The van der Waals surface area contributed by atoms with Crippen LogP contribution < -0.4 is 5.32 Å². The lowest BCUT2D eigenvalue weighted by Gasteiger charge is -2.15. The topological polar surface area (TPSA) is 67.2 Å². The third-order valence-corrected chi connectivity index (χ3v) is 2.83. The molecular weight excluding hydrogens is 287 g/mol. The minimum atomic E-state index is -4.42. The molecule has 0 radical (unpaired) electrons. The highest BCUT2D eigenvalue weighted by Gasteiger charge is 2.30. The molecular formula is C13H12F3N3O2. The van der Waals surface area contributed by atoms with Crippen molar-refractivity contribution in [3.63, 3.8) is 0 Å². The van der Waals surface area contributed by atoms with E-state index in [9.17, 15) is 23.1 Å². The van der Waals surface area contributed by atoms with Crippen molar-refractivity contribution in [3.8, 4) is 0 Å². The second-order valence-corrected chi connectivity index (χ2v) is 4.44. The molecule has 2 aromatic rings. The highest BCUT2D eigenvalue weighted by atomic mass is 19.4. The number of nitrogens with zero attached hydrogens (tertiary/aromatic N) is 2. The SMILES string of the molecule is Cn1cc(C(Nc2ccc(C(F)(F)F)cc2)C(=O)O)cn1. The van der Waals surface area contributed by atoms with Crippen molar-refractivity contribution in [1.82, 2.24) is 9.78 Å². The maximum atomic E-state index is 12.5. The lowest BCUT2D eigenvalue weighted by Crippen LogP contribution is -2.20. The quantitative estimate of drug-likeness (QED) is 0.911. The van der Waals surface area contributed by atoms with E-state index in [1.54, 1.807) is 7.05 Å². The van der Waals surface area contributed by atoms with E-state index in [-0.39, 0.29) is 5.69 Å². The third kappa shape index (κ3) is 3.53. The number of aromatic nitrogens is 2. The van der Waals surface area contributed by atoms with E-state index in [1.165, 1.54) is 29.2 Å². The van der Waals surface area contributed by atoms with E-state index < -0.39 is 23.8 Å². The molecule has 1 aromatic carbocycles. The van der Waals surface area contributed by atoms with Crippen molar-refractivity contribution in [3.05, 3.63) is 47.8 Å². The second kappa shape index (κ2) is 5.47. The van der Waals surface area contributed by atoms with Gasteiger partial charge in [-0.2, -0.15) is 18.3 Å². The number of alkyl halides is 3. The molecule has 5 nitrogen and oxygen atoms in total. The van der Waals surface area contributed by atoms with E-state index in [1.807, 2.05) is 0 Å². The fraction of sp³-hybridized carbons (Fsp3) is 0.231. The van der Waals surface area contributed by atoms with Gasteiger partial charge in [0.25, 0.3) is 0 Å². The van der Waals surface area contributed by atoms with Crippen LogP contribution in [0.25, 0.3) is 0 Å². The first-order chi connectivity index (χ1) is 9.77. The molecule has 2 rings (SSSR count). The molecule has 0 bridgehead atoms. The van der Waals surface area contributed by atoms with Crippen molar-refractivity contribution in [1.29, 1.82) is 0 Å². The Kier molecular flexibility index (Phi) is 3.88. The van der Waals surface area contributed by atoms with Crippen LogP contribution in [0.4, 0.5) is 18.9 Å². The van der Waals surface area contributed by atoms with Gasteiger partial charge >= 0.3 is 12.1 Å². The van der Waals surface area contributed by atoms with Crippen molar-refractivity contribution in [2.75, 3.05) is 5.32 Å². The molecule has 0 fully saturated rings. The number of aliphatic carboxylic acids is 1. The first-order valence-electron chi connectivity index (χ1n) is 5.92. The molecule has 2 N–H and O–H groups in total. The third-order valence-electron chi connectivity index (χ3n) is 2.83. The Labute approximate surface area is 118 Å². The molecule has 0 aliphatic carbocycles. The van der Waals surface area contributed by atoms with Crippen LogP contribution in [0.1, 0.15) is 17.2 Å². The Hall–Kier alpha value is -2.51. The zero-order valence-electron chi connectivity index (χ0n) is 10.9. The molecule has 1 unspecified atom stereocenters. The zero-order valence-corrected chi connectivity index (χ0v) is 10.9. The van der Waals surface area contributed by atoms with E-state index in [0.717, 1.165) is 12.1 Å². The predicted octanol–water partition coefficient (Wildman–Crippen LogP) is 2.68. The Morgan fingerprint density at radius 1 is 1.33 bits per heavy atom. The van der Waals surface area contributed by atoms with Gasteiger partial charge in [0.05, 0.1) is 11.8 Å². The van der Waals surface area contributed by atoms with Crippen molar-refractivity contribution in [2.45, 2.75) is 12.2 Å². The number of carbonyl (C=O) groups is 1. The summed E-state index contributed by atoms with van der Waals surface area (Å²) in [6.07, 6.45) is -1.51. The van der Waals surface area contributed by atoms with Gasteiger partial charge in [-0.15, -0.1) is 0 Å². The Morgan fingerprint density at radius 3 is 2.38 bits per heavy atom. The van der Waals surface area contributed by atoms with Crippen LogP contribution in [0.3, 0.4) is 0 Å². The number of hydrogen-bond acceptors (Lipinski definition) is 3. The van der Waals surface area contributed by atoms with Crippen LogP contribution in [-0.4, -0.2) is 20.9 Å². The summed E-state index contributed by atoms with van der Waals surface area (Å²) in [5.74, 6) is -1.15. The van der Waals surface area contributed by atoms with Crippen LogP contribution in [0, 0.1) is 0 Å². The molecule has 1 heterocycles. The number of nitrogens with one attached hydrogen (secondary N) is 1. The fourth-order valence-electron chi connectivity index (χ4n) is 1.80. The Bertz CT molecular complexity index is 635.